The molecule has 0 radical (unpaired) electrons. The average Bonchev–Trinajstić information content (AvgIpc) is 2.12. The van der Waals surface area contributed by atoms with Gasteiger partial charge in [-0.05, 0) is 26.0 Å². The van der Waals surface area contributed by atoms with Crippen molar-refractivity contribution in [1.82, 2.24) is 5.32 Å². The van der Waals surface area contributed by atoms with Crippen molar-refractivity contribution in [1.29, 1.82) is 0 Å². The molecule has 0 bridgehead atoms. The smallest absolute Gasteiger partial charge is 0.0314 e. The van der Waals surface area contributed by atoms with Crippen LogP contribution < -0.4 is 5.32 Å². The summed E-state index contributed by atoms with van der Waals surface area (Å²) in [6, 6.07) is 0.493. The van der Waals surface area contributed by atoms with Crippen molar-refractivity contribution < 1.29 is 0 Å². The van der Waals surface area contributed by atoms with Crippen LogP contribution in [0, 0.1) is 0 Å². The molecule has 12 heavy (non-hydrogen) atoms. The second kappa shape index (κ2) is 7.11. The summed E-state index contributed by atoms with van der Waals surface area (Å²) < 4.78 is 0. The van der Waals surface area contributed by atoms with Crippen LogP contribution >= 0.6 is 0 Å². The van der Waals surface area contributed by atoms with Crippen LogP contribution in [0.2, 0.25) is 0 Å². The second-order valence-electron chi connectivity index (χ2n) is 2.98. The monoisotopic (exact) mass is 167 g/mol. The van der Waals surface area contributed by atoms with Crippen molar-refractivity contribution in [3.63, 3.8) is 0 Å². The van der Waals surface area contributed by atoms with Gasteiger partial charge in [0.1, 0.15) is 0 Å². The van der Waals surface area contributed by atoms with Gasteiger partial charge >= 0.3 is 0 Å². The van der Waals surface area contributed by atoms with E-state index in [1.165, 1.54) is 24.8 Å². The van der Waals surface area contributed by atoms with Gasteiger partial charge in [-0.15, -0.1) is 0 Å². The Morgan fingerprint density at radius 1 is 1.58 bits per heavy atom. The molecule has 0 rings (SSSR count). The number of nitrogens with one attached hydrogen (secondary N) is 1. The summed E-state index contributed by atoms with van der Waals surface area (Å²) >= 11 is 0. The van der Waals surface area contributed by atoms with Gasteiger partial charge in [-0.25, -0.2) is 0 Å². The molecule has 1 atom stereocenters. The predicted octanol–water partition coefficient (Wildman–Crippen LogP) is 2.90. The van der Waals surface area contributed by atoms with E-state index in [4.69, 9.17) is 0 Å². The van der Waals surface area contributed by atoms with Gasteiger partial charge < -0.3 is 5.32 Å². The molecule has 0 aromatic rings. The summed E-state index contributed by atoms with van der Waals surface area (Å²) in [6.45, 7) is 8.08. The number of likely N-dealkylation sites (N-methyl/N-ethyl adjacent to an activating group) is 1. The molecule has 1 nitrogen and oxygen atoms in total. The Kier molecular flexibility index (Phi) is 6.78. The Hall–Kier alpha value is -0.560. The molecule has 0 aliphatic carbocycles. The molecule has 0 saturated carbocycles. The lowest BCUT2D eigenvalue weighted by molar-refractivity contribution is 0.564. The molecular weight excluding hydrogens is 146 g/mol. The van der Waals surface area contributed by atoms with Crippen LogP contribution in [0.15, 0.2) is 24.3 Å². The van der Waals surface area contributed by atoms with Crippen molar-refractivity contribution in [2.45, 2.75) is 39.2 Å². The summed E-state index contributed by atoms with van der Waals surface area (Å²) in [5.74, 6) is 0. The van der Waals surface area contributed by atoms with Crippen LogP contribution in [-0.4, -0.2) is 13.1 Å². The van der Waals surface area contributed by atoms with Crippen LogP contribution in [0.1, 0.15) is 33.1 Å². The van der Waals surface area contributed by atoms with Gasteiger partial charge in [0.25, 0.3) is 0 Å². The first-order valence-corrected chi connectivity index (χ1v) is 4.76. The number of rotatable bonds is 6. The highest BCUT2D eigenvalue weighted by Crippen LogP contribution is 2.10. The Balaban J connectivity index is 4.03. The Morgan fingerprint density at radius 2 is 2.25 bits per heavy atom. The van der Waals surface area contributed by atoms with E-state index in [1.54, 1.807) is 0 Å². The van der Waals surface area contributed by atoms with Crippen LogP contribution in [0.5, 0.6) is 0 Å². The maximum atomic E-state index is 3.80. The quantitative estimate of drug-likeness (QED) is 0.600. The molecule has 0 fully saturated rings. The van der Waals surface area contributed by atoms with Gasteiger partial charge in [0.2, 0.25) is 0 Å². The molecule has 70 valence electrons. The maximum absolute atomic E-state index is 3.80. The topological polar surface area (TPSA) is 12.0 Å². The third kappa shape index (κ3) is 3.72. The molecule has 0 aromatic heterocycles. The van der Waals surface area contributed by atoms with E-state index in [-0.39, 0.29) is 0 Å². The normalized spacial score (nSPS) is 14.4. The van der Waals surface area contributed by atoms with Crippen molar-refractivity contribution in [2.24, 2.45) is 0 Å². The predicted molar refractivity (Wildman–Crippen MR) is 56.3 cm³/mol. The lowest BCUT2D eigenvalue weighted by Crippen LogP contribution is -2.26. The molecule has 0 aromatic carbocycles. The molecule has 0 saturated heterocycles. The van der Waals surface area contributed by atoms with Crippen LogP contribution in [0.25, 0.3) is 0 Å². The van der Waals surface area contributed by atoms with E-state index in [9.17, 15) is 0 Å². The average molecular weight is 167 g/mol. The highest BCUT2D eigenvalue weighted by molar-refractivity contribution is 5.21. The lowest BCUT2D eigenvalue weighted by atomic mass is 10.0. The van der Waals surface area contributed by atoms with Gasteiger partial charge in [-0.1, -0.05) is 38.5 Å². The molecule has 0 spiro atoms. The Morgan fingerprint density at radius 3 is 2.58 bits per heavy atom. The van der Waals surface area contributed by atoms with Crippen LogP contribution in [-0.2, 0) is 0 Å². The van der Waals surface area contributed by atoms with Gasteiger partial charge in [0.05, 0.1) is 0 Å². The number of hydrogen-bond donors (Lipinski definition) is 1. The molecule has 0 heterocycles. The summed E-state index contributed by atoms with van der Waals surface area (Å²) in [6.07, 6.45) is 7.81. The van der Waals surface area contributed by atoms with Gasteiger partial charge in [0.15, 0.2) is 0 Å². The minimum Gasteiger partial charge on any atom is -0.313 e. The first-order valence-electron chi connectivity index (χ1n) is 4.76. The van der Waals surface area contributed by atoms with Crippen molar-refractivity contribution >= 4 is 0 Å². The first kappa shape index (κ1) is 11.4. The fourth-order valence-corrected chi connectivity index (χ4v) is 1.35. The third-order valence-electron chi connectivity index (χ3n) is 2.17. The van der Waals surface area contributed by atoms with E-state index in [0.29, 0.717) is 6.04 Å². The van der Waals surface area contributed by atoms with Crippen LogP contribution in [0.3, 0.4) is 0 Å². The van der Waals surface area contributed by atoms with Gasteiger partial charge in [0, 0.05) is 6.04 Å². The zero-order valence-corrected chi connectivity index (χ0v) is 8.56. The molecule has 0 aliphatic rings. The molecule has 0 aliphatic heterocycles. The van der Waals surface area contributed by atoms with Gasteiger partial charge in [-0.2, -0.15) is 0 Å². The van der Waals surface area contributed by atoms with E-state index in [2.05, 4.69) is 31.8 Å². The van der Waals surface area contributed by atoms with Crippen molar-refractivity contribution in [2.75, 3.05) is 7.05 Å². The molecular formula is C11H21N. The van der Waals surface area contributed by atoms with E-state index in [0.717, 1.165) is 0 Å². The minimum atomic E-state index is 0.493. The second-order valence-corrected chi connectivity index (χ2v) is 2.98. The molecule has 1 heteroatoms. The van der Waals surface area contributed by atoms with E-state index >= 15 is 0 Å². The van der Waals surface area contributed by atoms with Gasteiger partial charge in [-0.3, -0.25) is 0 Å². The summed E-state index contributed by atoms with van der Waals surface area (Å²) in [5.41, 5.74) is 1.31. The van der Waals surface area contributed by atoms with Crippen molar-refractivity contribution in [3.05, 3.63) is 24.3 Å². The fourth-order valence-electron chi connectivity index (χ4n) is 1.35. The third-order valence-corrected chi connectivity index (χ3v) is 2.17. The minimum absolute atomic E-state index is 0.493. The summed E-state index contributed by atoms with van der Waals surface area (Å²) in [7, 11) is 2.01. The highest BCUT2D eigenvalue weighted by atomic mass is 14.9. The largest absolute Gasteiger partial charge is 0.313 e. The SMILES string of the molecule is C=C/C(=C\C)C(CCCC)NC. The lowest BCUT2D eigenvalue weighted by Gasteiger charge is -2.16. The Labute approximate surface area is 76.6 Å². The zero-order chi connectivity index (χ0) is 9.40. The highest BCUT2D eigenvalue weighted by Gasteiger charge is 2.06. The number of allylic oxidation sites excluding steroid dienone is 1. The standard InChI is InChI=1S/C11H21N/c1-5-8-9-11(12-4)10(6-2)7-3/h6-7,11-12H,2,5,8-9H2,1,3-4H3/b10-7+. The molecule has 1 N–H and O–H groups in total. The maximum Gasteiger partial charge on any atom is 0.0314 e. The van der Waals surface area contributed by atoms with E-state index in [1.807, 2.05) is 13.1 Å². The summed E-state index contributed by atoms with van der Waals surface area (Å²) in [5, 5.41) is 3.30. The fraction of sp³-hybridized carbons (Fsp3) is 0.636. The van der Waals surface area contributed by atoms with Crippen molar-refractivity contribution in [3.8, 4) is 0 Å². The zero-order valence-electron chi connectivity index (χ0n) is 8.56. The number of hydrogen-bond acceptors (Lipinski definition) is 1. The summed E-state index contributed by atoms with van der Waals surface area (Å²) in [4.78, 5) is 0. The molecule has 1 unspecified atom stereocenters. The Bertz CT molecular complexity index is 147. The number of unbranched alkanes of at least 4 members (excludes halogenated alkanes) is 1. The molecule has 0 amide bonds. The van der Waals surface area contributed by atoms with E-state index < -0.39 is 0 Å². The first-order chi connectivity index (χ1) is 5.79. The van der Waals surface area contributed by atoms with Crippen LogP contribution in [0.4, 0.5) is 0 Å².